The minimum absolute atomic E-state index is 0.0992. The average molecular weight is 344 g/mol. The van der Waals surface area contributed by atoms with Crippen LogP contribution in [0.1, 0.15) is 50.6 Å². The Morgan fingerprint density at radius 2 is 1.91 bits per heavy atom. The van der Waals surface area contributed by atoms with E-state index in [1.54, 1.807) is 6.92 Å². The summed E-state index contributed by atoms with van der Waals surface area (Å²) in [6.45, 7) is 2.40. The second-order valence-corrected chi connectivity index (χ2v) is 7.69. The van der Waals surface area contributed by atoms with E-state index in [4.69, 9.17) is 5.73 Å². The minimum atomic E-state index is -3.59. The molecular weight excluding hydrogens is 319 g/mol. The van der Waals surface area contributed by atoms with Crippen LogP contribution in [-0.4, -0.2) is 27.1 Å². The maximum absolute atomic E-state index is 13.9. The third-order valence-corrected chi connectivity index (χ3v) is 4.72. The van der Waals surface area contributed by atoms with Gasteiger partial charge in [-0.1, -0.05) is 18.9 Å². The molecule has 0 radical (unpaired) electrons. The van der Waals surface area contributed by atoms with E-state index in [0.29, 0.717) is 18.5 Å². The van der Waals surface area contributed by atoms with Gasteiger partial charge in [0.1, 0.15) is 10.7 Å². The molecule has 0 aliphatic carbocycles. The number of halogens is 1. The molecule has 1 atom stereocenters. The van der Waals surface area contributed by atoms with Crippen molar-refractivity contribution in [3.8, 4) is 0 Å². The maximum Gasteiger partial charge on any atom is 0.220 e. The molecule has 1 aromatic rings. The number of hydrogen-bond donors (Lipinski definition) is 2. The summed E-state index contributed by atoms with van der Waals surface area (Å²) >= 11 is 0. The number of unbranched alkanes of at least 4 members (excludes halogenated alkanes) is 3. The Balaban J connectivity index is 2.56. The van der Waals surface area contributed by atoms with Gasteiger partial charge in [0.25, 0.3) is 0 Å². The zero-order valence-corrected chi connectivity index (χ0v) is 14.5. The van der Waals surface area contributed by atoms with E-state index in [9.17, 15) is 17.6 Å². The standard InChI is InChI=1S/C16H25FN2O3S/c1-12(19-16(20)7-5-3-4-6-10-18)13-8-9-15(14(17)11-13)23(2,21)22/h8-9,11-12H,3-7,10,18H2,1-2H3,(H,19,20). The molecule has 0 fully saturated rings. The van der Waals surface area contributed by atoms with Crippen molar-refractivity contribution in [2.24, 2.45) is 5.73 Å². The number of benzene rings is 1. The second kappa shape index (κ2) is 8.98. The van der Waals surface area contributed by atoms with Crippen molar-refractivity contribution in [3.05, 3.63) is 29.6 Å². The maximum atomic E-state index is 13.9. The zero-order chi connectivity index (χ0) is 17.5. The highest BCUT2D eigenvalue weighted by Crippen LogP contribution is 2.20. The number of carbonyl (C=O) groups excluding carboxylic acids is 1. The molecule has 0 aromatic heterocycles. The molecule has 3 N–H and O–H groups in total. The quantitative estimate of drug-likeness (QED) is 0.673. The smallest absolute Gasteiger partial charge is 0.220 e. The summed E-state index contributed by atoms with van der Waals surface area (Å²) in [5.41, 5.74) is 5.94. The molecule has 1 aromatic carbocycles. The largest absolute Gasteiger partial charge is 0.350 e. The van der Waals surface area contributed by atoms with Crippen molar-refractivity contribution in [2.45, 2.75) is 50.0 Å². The summed E-state index contributed by atoms with van der Waals surface area (Å²) in [5.74, 6) is -0.897. The third-order valence-electron chi connectivity index (χ3n) is 3.59. The highest BCUT2D eigenvalue weighted by molar-refractivity contribution is 7.90. The molecule has 0 saturated heterocycles. The molecule has 0 aliphatic heterocycles. The Kier molecular flexibility index (Phi) is 7.64. The Bertz CT molecular complexity index is 632. The zero-order valence-electron chi connectivity index (χ0n) is 13.6. The SMILES string of the molecule is CC(NC(=O)CCCCCCN)c1ccc(S(C)(=O)=O)c(F)c1. The molecule has 0 saturated carbocycles. The monoisotopic (exact) mass is 344 g/mol. The topological polar surface area (TPSA) is 89.3 Å². The molecule has 23 heavy (non-hydrogen) atoms. The highest BCUT2D eigenvalue weighted by Gasteiger charge is 2.16. The van der Waals surface area contributed by atoms with Crippen LogP contribution in [0.5, 0.6) is 0 Å². The van der Waals surface area contributed by atoms with Gasteiger partial charge in [-0.15, -0.1) is 0 Å². The highest BCUT2D eigenvalue weighted by atomic mass is 32.2. The lowest BCUT2D eigenvalue weighted by atomic mass is 10.1. The molecular formula is C16H25FN2O3S. The van der Waals surface area contributed by atoms with Gasteiger partial charge in [-0.3, -0.25) is 4.79 Å². The van der Waals surface area contributed by atoms with E-state index < -0.39 is 15.7 Å². The fraction of sp³-hybridized carbons (Fsp3) is 0.562. The molecule has 130 valence electrons. The lowest BCUT2D eigenvalue weighted by molar-refractivity contribution is -0.121. The van der Waals surface area contributed by atoms with Crippen molar-refractivity contribution < 1.29 is 17.6 Å². The molecule has 0 heterocycles. The lowest BCUT2D eigenvalue weighted by Crippen LogP contribution is -2.26. The molecule has 5 nitrogen and oxygen atoms in total. The Morgan fingerprint density at radius 1 is 1.26 bits per heavy atom. The molecule has 1 unspecified atom stereocenters. The number of rotatable bonds is 9. The third kappa shape index (κ3) is 6.66. The summed E-state index contributed by atoms with van der Waals surface area (Å²) in [4.78, 5) is 11.5. The van der Waals surface area contributed by atoms with Crippen molar-refractivity contribution >= 4 is 15.7 Å². The number of nitrogens with one attached hydrogen (secondary N) is 1. The fourth-order valence-electron chi connectivity index (χ4n) is 2.27. The Labute approximate surface area is 137 Å². The van der Waals surface area contributed by atoms with Gasteiger partial charge in [0, 0.05) is 12.7 Å². The van der Waals surface area contributed by atoms with Crippen molar-refractivity contribution in [2.75, 3.05) is 12.8 Å². The van der Waals surface area contributed by atoms with Crippen LogP contribution in [0.4, 0.5) is 4.39 Å². The summed E-state index contributed by atoms with van der Waals surface area (Å²) < 4.78 is 36.6. The van der Waals surface area contributed by atoms with Crippen LogP contribution in [0.15, 0.2) is 23.1 Å². The van der Waals surface area contributed by atoms with Gasteiger partial charge in [0.15, 0.2) is 9.84 Å². The lowest BCUT2D eigenvalue weighted by Gasteiger charge is -2.15. The van der Waals surface area contributed by atoms with Crippen LogP contribution in [0.25, 0.3) is 0 Å². The van der Waals surface area contributed by atoms with Gasteiger partial charge < -0.3 is 11.1 Å². The van der Waals surface area contributed by atoms with Crippen LogP contribution in [0, 0.1) is 5.82 Å². The van der Waals surface area contributed by atoms with E-state index in [1.807, 2.05) is 0 Å². The first-order valence-corrected chi connectivity index (χ1v) is 9.63. The van der Waals surface area contributed by atoms with E-state index in [1.165, 1.54) is 12.1 Å². The average Bonchev–Trinajstić information content (AvgIpc) is 2.45. The first-order chi connectivity index (χ1) is 10.8. The molecule has 1 rings (SSSR count). The van der Waals surface area contributed by atoms with E-state index in [2.05, 4.69) is 5.32 Å². The van der Waals surface area contributed by atoms with Gasteiger partial charge >= 0.3 is 0 Å². The normalized spacial score (nSPS) is 12.9. The van der Waals surface area contributed by atoms with Gasteiger partial charge in [-0.25, -0.2) is 12.8 Å². The van der Waals surface area contributed by atoms with Gasteiger partial charge in [0.05, 0.1) is 6.04 Å². The molecule has 0 aliphatic rings. The fourth-order valence-corrected chi connectivity index (χ4v) is 3.00. The molecule has 1 amide bonds. The predicted octanol–water partition coefficient (Wildman–Crippen LogP) is 2.32. The summed E-state index contributed by atoms with van der Waals surface area (Å²) in [5, 5.41) is 2.79. The Morgan fingerprint density at radius 3 is 2.48 bits per heavy atom. The number of hydrogen-bond acceptors (Lipinski definition) is 4. The molecule has 7 heteroatoms. The number of nitrogens with two attached hydrogens (primary N) is 1. The minimum Gasteiger partial charge on any atom is -0.350 e. The van der Waals surface area contributed by atoms with Crippen LogP contribution >= 0.6 is 0 Å². The van der Waals surface area contributed by atoms with Crippen molar-refractivity contribution in [3.63, 3.8) is 0 Å². The molecule has 0 bridgehead atoms. The van der Waals surface area contributed by atoms with Crippen molar-refractivity contribution in [1.82, 2.24) is 5.32 Å². The van der Waals surface area contributed by atoms with Crippen LogP contribution in [0.2, 0.25) is 0 Å². The van der Waals surface area contributed by atoms with Gasteiger partial charge in [0.2, 0.25) is 5.91 Å². The second-order valence-electron chi connectivity index (χ2n) is 5.70. The number of sulfone groups is 1. The summed E-state index contributed by atoms with van der Waals surface area (Å²) in [7, 11) is -3.59. The van der Waals surface area contributed by atoms with Crippen LogP contribution in [-0.2, 0) is 14.6 Å². The number of amides is 1. The van der Waals surface area contributed by atoms with E-state index in [-0.39, 0.29) is 16.8 Å². The van der Waals surface area contributed by atoms with E-state index in [0.717, 1.165) is 38.0 Å². The van der Waals surface area contributed by atoms with Gasteiger partial charge in [-0.05, 0) is 44.0 Å². The first kappa shape index (κ1) is 19.6. The first-order valence-electron chi connectivity index (χ1n) is 7.74. The Hall–Kier alpha value is -1.47. The van der Waals surface area contributed by atoms with Gasteiger partial charge in [-0.2, -0.15) is 0 Å². The summed E-state index contributed by atoms with van der Waals surface area (Å²) in [6, 6.07) is 3.53. The van der Waals surface area contributed by atoms with E-state index >= 15 is 0 Å². The van der Waals surface area contributed by atoms with Crippen LogP contribution in [0.3, 0.4) is 0 Å². The predicted molar refractivity (Wildman–Crippen MR) is 88.2 cm³/mol. The number of carbonyl (C=O) groups is 1. The summed E-state index contributed by atoms with van der Waals surface area (Å²) in [6.07, 6.45) is 5.10. The molecule has 0 spiro atoms. The van der Waals surface area contributed by atoms with Crippen LogP contribution < -0.4 is 11.1 Å². The van der Waals surface area contributed by atoms with Crippen molar-refractivity contribution in [1.29, 1.82) is 0 Å².